The van der Waals surface area contributed by atoms with E-state index in [-0.39, 0.29) is 17.3 Å². The lowest BCUT2D eigenvalue weighted by molar-refractivity contribution is -0.385. The summed E-state index contributed by atoms with van der Waals surface area (Å²) in [4.78, 5) is 22.2. The smallest absolute Gasteiger partial charge is 0.310 e. The molecule has 0 radical (unpaired) electrons. The third-order valence-corrected chi connectivity index (χ3v) is 3.41. The average Bonchev–Trinajstić information content (AvgIpc) is 2.59. The normalized spacial score (nSPS) is 10.6. The fraction of sp³-hybridized carbons (Fsp3) is 0.167. The highest BCUT2D eigenvalue weighted by Gasteiger charge is 2.13. The molecule has 2 aromatic carbocycles. The van der Waals surface area contributed by atoms with Gasteiger partial charge in [0.25, 0.3) is 0 Å². The Balaban J connectivity index is 1.98. The van der Waals surface area contributed by atoms with Crippen LogP contribution >= 0.6 is 0 Å². The molecule has 1 amide bonds. The molecule has 0 bridgehead atoms. The minimum Gasteiger partial charge on any atom is -0.490 e. The zero-order valence-electron chi connectivity index (χ0n) is 13.5. The van der Waals surface area contributed by atoms with Gasteiger partial charge in [-0.2, -0.15) is 0 Å². The van der Waals surface area contributed by atoms with E-state index in [4.69, 9.17) is 4.74 Å². The Labute approximate surface area is 139 Å². The van der Waals surface area contributed by atoms with Gasteiger partial charge in [-0.15, -0.1) is 0 Å². The number of rotatable bonds is 6. The van der Waals surface area contributed by atoms with Crippen molar-refractivity contribution < 1.29 is 14.5 Å². The van der Waals surface area contributed by atoms with Gasteiger partial charge >= 0.3 is 5.69 Å². The highest BCUT2D eigenvalue weighted by atomic mass is 16.6. The van der Waals surface area contributed by atoms with E-state index in [1.165, 1.54) is 25.3 Å². The second-order valence-corrected chi connectivity index (χ2v) is 5.23. The molecule has 0 unspecified atom stereocenters. The van der Waals surface area contributed by atoms with Crippen LogP contribution in [0.5, 0.6) is 5.75 Å². The zero-order valence-corrected chi connectivity index (χ0v) is 13.5. The number of nitrogens with one attached hydrogen (secondary N) is 1. The molecule has 0 fully saturated rings. The topological polar surface area (TPSA) is 81.5 Å². The lowest BCUT2D eigenvalue weighted by Crippen LogP contribution is -2.20. The van der Waals surface area contributed by atoms with Crippen LogP contribution in [0.2, 0.25) is 0 Å². The Kier molecular flexibility index (Phi) is 5.68. The van der Waals surface area contributed by atoms with Gasteiger partial charge in [-0.3, -0.25) is 14.9 Å². The molecule has 0 saturated carbocycles. The van der Waals surface area contributed by atoms with E-state index in [0.717, 1.165) is 11.1 Å². The second kappa shape index (κ2) is 7.92. The van der Waals surface area contributed by atoms with Crippen LogP contribution in [0.15, 0.2) is 48.5 Å². The Morgan fingerprint density at radius 1 is 1.25 bits per heavy atom. The highest BCUT2D eigenvalue weighted by Crippen LogP contribution is 2.27. The van der Waals surface area contributed by atoms with Crippen molar-refractivity contribution in [2.75, 3.05) is 7.11 Å². The Hall–Kier alpha value is -3.15. The van der Waals surface area contributed by atoms with Gasteiger partial charge in [0, 0.05) is 18.7 Å². The van der Waals surface area contributed by atoms with E-state index < -0.39 is 4.92 Å². The molecule has 2 rings (SSSR count). The molecule has 24 heavy (non-hydrogen) atoms. The van der Waals surface area contributed by atoms with E-state index in [1.54, 1.807) is 12.1 Å². The Morgan fingerprint density at radius 3 is 2.58 bits per heavy atom. The van der Waals surface area contributed by atoms with E-state index in [0.29, 0.717) is 12.1 Å². The Morgan fingerprint density at radius 2 is 1.96 bits per heavy atom. The number of hydrogen-bond donors (Lipinski definition) is 1. The standard InChI is InChI=1S/C18H18N2O4/c1-13-3-5-15(6-4-13)12-19-18(21)10-8-14-7-9-16(20(22)23)17(11-14)24-2/h3-11H,12H2,1-2H3,(H,19,21). The van der Waals surface area contributed by atoms with Crippen LogP contribution < -0.4 is 10.1 Å². The number of nitrogens with zero attached hydrogens (tertiary/aromatic N) is 1. The number of carbonyl (C=O) groups is 1. The summed E-state index contributed by atoms with van der Waals surface area (Å²) in [6.07, 6.45) is 2.96. The number of benzene rings is 2. The van der Waals surface area contributed by atoms with Crippen LogP contribution in [-0.4, -0.2) is 17.9 Å². The molecule has 0 aliphatic heterocycles. The monoisotopic (exact) mass is 326 g/mol. The van der Waals surface area contributed by atoms with E-state index in [9.17, 15) is 14.9 Å². The lowest BCUT2D eigenvalue weighted by atomic mass is 10.1. The van der Waals surface area contributed by atoms with Gasteiger partial charge in [0.05, 0.1) is 12.0 Å². The summed E-state index contributed by atoms with van der Waals surface area (Å²) in [6, 6.07) is 12.3. The summed E-state index contributed by atoms with van der Waals surface area (Å²) < 4.78 is 4.99. The maximum absolute atomic E-state index is 11.8. The van der Waals surface area contributed by atoms with Crippen molar-refractivity contribution in [1.82, 2.24) is 5.32 Å². The number of methoxy groups -OCH3 is 1. The highest BCUT2D eigenvalue weighted by molar-refractivity contribution is 5.91. The van der Waals surface area contributed by atoms with Crippen LogP contribution in [0, 0.1) is 17.0 Å². The van der Waals surface area contributed by atoms with E-state index in [2.05, 4.69) is 5.32 Å². The molecular weight excluding hydrogens is 308 g/mol. The largest absolute Gasteiger partial charge is 0.490 e. The van der Waals surface area contributed by atoms with Crippen molar-refractivity contribution >= 4 is 17.7 Å². The summed E-state index contributed by atoms with van der Waals surface area (Å²) in [7, 11) is 1.37. The molecule has 0 saturated heterocycles. The van der Waals surface area contributed by atoms with Gasteiger partial charge in [-0.25, -0.2) is 0 Å². The SMILES string of the molecule is COc1cc(C=CC(=O)NCc2ccc(C)cc2)ccc1[N+](=O)[O-]. The van der Waals surface area contributed by atoms with Crippen molar-refractivity contribution in [2.45, 2.75) is 13.5 Å². The van der Waals surface area contributed by atoms with Crippen LogP contribution in [0.4, 0.5) is 5.69 Å². The molecule has 2 aromatic rings. The third-order valence-electron chi connectivity index (χ3n) is 3.41. The van der Waals surface area contributed by atoms with Crippen LogP contribution in [0.1, 0.15) is 16.7 Å². The van der Waals surface area contributed by atoms with Gasteiger partial charge in [0.2, 0.25) is 5.91 Å². The molecule has 0 aromatic heterocycles. The number of amides is 1. The van der Waals surface area contributed by atoms with Crippen molar-refractivity contribution in [3.63, 3.8) is 0 Å². The number of aryl methyl sites for hydroxylation is 1. The van der Waals surface area contributed by atoms with Crippen LogP contribution in [0.25, 0.3) is 6.08 Å². The average molecular weight is 326 g/mol. The summed E-state index contributed by atoms with van der Waals surface area (Å²) >= 11 is 0. The van der Waals surface area contributed by atoms with E-state index >= 15 is 0 Å². The molecule has 0 heterocycles. The number of ether oxygens (including phenoxy) is 1. The lowest BCUT2D eigenvalue weighted by Gasteiger charge is -2.04. The molecule has 124 valence electrons. The third kappa shape index (κ3) is 4.67. The summed E-state index contributed by atoms with van der Waals surface area (Å²) in [5, 5.41) is 13.6. The number of carbonyl (C=O) groups excluding carboxylic acids is 1. The predicted octanol–water partition coefficient (Wildman–Crippen LogP) is 3.24. The van der Waals surface area contributed by atoms with Gasteiger partial charge < -0.3 is 10.1 Å². The summed E-state index contributed by atoms with van der Waals surface area (Å²) in [6.45, 7) is 2.44. The van der Waals surface area contributed by atoms with Crippen molar-refractivity contribution in [1.29, 1.82) is 0 Å². The van der Waals surface area contributed by atoms with Gasteiger partial charge in [0.1, 0.15) is 0 Å². The van der Waals surface area contributed by atoms with Gasteiger partial charge in [0.15, 0.2) is 5.75 Å². The maximum Gasteiger partial charge on any atom is 0.310 e. The van der Waals surface area contributed by atoms with Gasteiger partial charge in [-0.05, 0) is 36.3 Å². The van der Waals surface area contributed by atoms with Gasteiger partial charge in [-0.1, -0.05) is 29.8 Å². The van der Waals surface area contributed by atoms with Crippen molar-refractivity contribution in [2.24, 2.45) is 0 Å². The van der Waals surface area contributed by atoms with Crippen molar-refractivity contribution in [3.8, 4) is 5.75 Å². The maximum atomic E-state index is 11.8. The fourth-order valence-corrected chi connectivity index (χ4v) is 2.07. The quantitative estimate of drug-likeness (QED) is 0.502. The number of nitro groups is 1. The van der Waals surface area contributed by atoms with Crippen LogP contribution in [0.3, 0.4) is 0 Å². The number of nitro benzene ring substituents is 1. The molecule has 6 nitrogen and oxygen atoms in total. The van der Waals surface area contributed by atoms with Crippen molar-refractivity contribution in [3.05, 3.63) is 75.3 Å². The molecule has 0 atom stereocenters. The summed E-state index contributed by atoms with van der Waals surface area (Å²) in [5.74, 6) is -0.0879. The summed E-state index contributed by atoms with van der Waals surface area (Å²) in [5.41, 5.74) is 2.71. The predicted molar refractivity (Wildman–Crippen MR) is 91.7 cm³/mol. The first-order chi connectivity index (χ1) is 11.5. The number of hydrogen-bond acceptors (Lipinski definition) is 4. The molecule has 6 heteroatoms. The Bertz CT molecular complexity index is 767. The first kappa shape index (κ1) is 17.2. The second-order valence-electron chi connectivity index (χ2n) is 5.23. The zero-order chi connectivity index (χ0) is 17.5. The van der Waals surface area contributed by atoms with Crippen LogP contribution in [-0.2, 0) is 11.3 Å². The fourth-order valence-electron chi connectivity index (χ4n) is 2.07. The molecule has 0 spiro atoms. The van der Waals surface area contributed by atoms with E-state index in [1.807, 2.05) is 31.2 Å². The molecular formula is C18H18N2O4. The molecule has 0 aliphatic rings. The minimum absolute atomic E-state index is 0.113. The molecule has 0 aliphatic carbocycles. The minimum atomic E-state index is -0.513. The first-order valence-electron chi connectivity index (χ1n) is 7.33. The first-order valence-corrected chi connectivity index (χ1v) is 7.33. The molecule has 1 N–H and O–H groups in total.